The Morgan fingerprint density at radius 2 is 2.11 bits per heavy atom. The number of rotatable bonds is 7. The number of carbonyl (C=O) groups is 1. The maximum absolute atomic E-state index is 11.9. The molecule has 0 aliphatic heterocycles. The van der Waals surface area contributed by atoms with Crippen molar-refractivity contribution in [1.29, 1.82) is 0 Å². The van der Waals surface area contributed by atoms with Crippen molar-refractivity contribution in [2.45, 2.75) is 32.2 Å². The van der Waals surface area contributed by atoms with Crippen molar-refractivity contribution in [3.63, 3.8) is 0 Å². The van der Waals surface area contributed by atoms with Crippen LogP contribution in [-0.2, 0) is 11.2 Å². The van der Waals surface area contributed by atoms with Gasteiger partial charge in [-0.05, 0) is 32.5 Å². The zero-order valence-corrected chi connectivity index (χ0v) is 11.9. The SMILES string of the molecule is CCCC(C(N)=O)n1cc(CCN(C)C)ccc1=O. The zero-order chi connectivity index (χ0) is 14.4. The molecule has 1 aromatic heterocycles. The minimum Gasteiger partial charge on any atom is -0.368 e. The molecule has 1 rings (SSSR count). The van der Waals surface area contributed by atoms with Gasteiger partial charge in [0, 0.05) is 18.8 Å². The van der Waals surface area contributed by atoms with Gasteiger partial charge in [-0.1, -0.05) is 19.4 Å². The Balaban J connectivity index is 3.01. The molecule has 1 heterocycles. The molecule has 0 radical (unpaired) electrons. The number of pyridine rings is 1. The summed E-state index contributed by atoms with van der Waals surface area (Å²) in [7, 11) is 4.00. The highest BCUT2D eigenvalue weighted by Crippen LogP contribution is 2.12. The first kappa shape index (κ1) is 15.4. The van der Waals surface area contributed by atoms with E-state index < -0.39 is 11.9 Å². The first-order valence-corrected chi connectivity index (χ1v) is 6.60. The van der Waals surface area contributed by atoms with Gasteiger partial charge < -0.3 is 15.2 Å². The van der Waals surface area contributed by atoms with Crippen LogP contribution in [-0.4, -0.2) is 36.0 Å². The van der Waals surface area contributed by atoms with E-state index in [1.54, 1.807) is 6.20 Å². The second kappa shape index (κ2) is 7.09. The van der Waals surface area contributed by atoms with Gasteiger partial charge in [0.15, 0.2) is 0 Å². The predicted octanol–water partition coefficient (Wildman–Crippen LogP) is 0.779. The van der Waals surface area contributed by atoms with Crippen molar-refractivity contribution in [3.8, 4) is 0 Å². The highest BCUT2D eigenvalue weighted by Gasteiger charge is 2.17. The summed E-state index contributed by atoms with van der Waals surface area (Å²) >= 11 is 0. The fourth-order valence-corrected chi connectivity index (χ4v) is 1.99. The number of carbonyl (C=O) groups excluding carboxylic acids is 1. The van der Waals surface area contributed by atoms with Gasteiger partial charge in [-0.25, -0.2) is 0 Å². The smallest absolute Gasteiger partial charge is 0.251 e. The molecule has 1 atom stereocenters. The molecular formula is C14H23N3O2. The monoisotopic (exact) mass is 265 g/mol. The normalized spacial score (nSPS) is 12.6. The lowest BCUT2D eigenvalue weighted by atomic mass is 10.1. The van der Waals surface area contributed by atoms with E-state index in [0.29, 0.717) is 6.42 Å². The van der Waals surface area contributed by atoms with Crippen LogP contribution in [0.2, 0.25) is 0 Å². The van der Waals surface area contributed by atoms with Crippen LogP contribution in [0.1, 0.15) is 31.4 Å². The summed E-state index contributed by atoms with van der Waals surface area (Å²) in [5, 5.41) is 0. The van der Waals surface area contributed by atoms with Crippen LogP contribution in [0.25, 0.3) is 0 Å². The topological polar surface area (TPSA) is 68.3 Å². The lowest BCUT2D eigenvalue weighted by Crippen LogP contribution is -2.33. The van der Waals surface area contributed by atoms with E-state index in [0.717, 1.165) is 24.9 Å². The molecule has 0 aliphatic rings. The van der Waals surface area contributed by atoms with Crippen molar-refractivity contribution in [1.82, 2.24) is 9.47 Å². The van der Waals surface area contributed by atoms with Gasteiger partial charge in [0.05, 0.1) is 0 Å². The zero-order valence-electron chi connectivity index (χ0n) is 11.9. The first-order chi connectivity index (χ1) is 8.95. The van der Waals surface area contributed by atoms with E-state index in [1.165, 1.54) is 10.6 Å². The molecule has 0 aliphatic carbocycles. The van der Waals surface area contributed by atoms with Crippen LogP contribution >= 0.6 is 0 Å². The summed E-state index contributed by atoms with van der Waals surface area (Å²) in [6.07, 6.45) is 4.00. The van der Waals surface area contributed by atoms with E-state index in [-0.39, 0.29) is 5.56 Å². The Bertz CT molecular complexity index is 480. The number of aromatic nitrogens is 1. The first-order valence-electron chi connectivity index (χ1n) is 6.60. The standard InChI is InChI=1S/C14H23N3O2/c1-4-5-12(14(15)19)17-10-11(6-7-13(17)18)8-9-16(2)3/h6-7,10,12H,4-5,8-9H2,1-3H3,(H2,15,19). The van der Waals surface area contributed by atoms with E-state index in [4.69, 9.17) is 5.73 Å². The molecule has 5 nitrogen and oxygen atoms in total. The molecule has 0 fully saturated rings. The summed E-state index contributed by atoms with van der Waals surface area (Å²) in [6, 6.07) is 2.78. The van der Waals surface area contributed by atoms with Gasteiger partial charge in [0.1, 0.15) is 6.04 Å². The number of primary amides is 1. The van der Waals surface area contributed by atoms with Gasteiger partial charge in [-0.2, -0.15) is 0 Å². The molecule has 1 amide bonds. The second-order valence-corrected chi connectivity index (χ2v) is 5.04. The number of likely N-dealkylation sites (N-methyl/N-ethyl adjacent to an activating group) is 1. The maximum Gasteiger partial charge on any atom is 0.251 e. The third-order valence-electron chi connectivity index (χ3n) is 3.07. The van der Waals surface area contributed by atoms with Crippen molar-refractivity contribution in [2.75, 3.05) is 20.6 Å². The molecule has 5 heteroatoms. The highest BCUT2D eigenvalue weighted by atomic mass is 16.2. The average Bonchev–Trinajstić information content (AvgIpc) is 2.35. The fourth-order valence-electron chi connectivity index (χ4n) is 1.99. The van der Waals surface area contributed by atoms with E-state index in [2.05, 4.69) is 4.90 Å². The van der Waals surface area contributed by atoms with Crippen molar-refractivity contribution >= 4 is 5.91 Å². The van der Waals surface area contributed by atoms with Crippen LogP contribution in [0, 0.1) is 0 Å². The average molecular weight is 265 g/mol. The largest absolute Gasteiger partial charge is 0.368 e. The number of nitrogens with zero attached hydrogens (tertiary/aromatic N) is 2. The molecule has 0 bridgehead atoms. The van der Waals surface area contributed by atoms with Crippen LogP contribution < -0.4 is 11.3 Å². The summed E-state index contributed by atoms with van der Waals surface area (Å²) in [5.41, 5.74) is 6.25. The molecule has 0 aromatic carbocycles. The van der Waals surface area contributed by atoms with Crippen molar-refractivity contribution < 1.29 is 4.79 Å². The molecule has 0 saturated carbocycles. The molecule has 106 valence electrons. The van der Waals surface area contributed by atoms with Gasteiger partial charge in [0.2, 0.25) is 5.91 Å². The number of nitrogens with two attached hydrogens (primary N) is 1. The Labute approximate surface area is 114 Å². The molecule has 2 N–H and O–H groups in total. The summed E-state index contributed by atoms with van der Waals surface area (Å²) in [5.74, 6) is -0.450. The Kier molecular flexibility index (Phi) is 5.76. The van der Waals surface area contributed by atoms with Crippen molar-refractivity contribution in [3.05, 3.63) is 34.2 Å². The third kappa shape index (κ3) is 4.52. The molecule has 19 heavy (non-hydrogen) atoms. The van der Waals surface area contributed by atoms with Crippen LogP contribution in [0.4, 0.5) is 0 Å². The van der Waals surface area contributed by atoms with Gasteiger partial charge in [0.25, 0.3) is 5.56 Å². The quantitative estimate of drug-likeness (QED) is 0.792. The summed E-state index contributed by atoms with van der Waals surface area (Å²) < 4.78 is 1.47. The lowest BCUT2D eigenvalue weighted by Gasteiger charge is -2.17. The summed E-state index contributed by atoms with van der Waals surface area (Å²) in [4.78, 5) is 25.4. The highest BCUT2D eigenvalue weighted by molar-refractivity contribution is 5.78. The van der Waals surface area contributed by atoms with E-state index in [1.807, 2.05) is 27.1 Å². The van der Waals surface area contributed by atoms with E-state index in [9.17, 15) is 9.59 Å². The maximum atomic E-state index is 11.9. The Morgan fingerprint density at radius 1 is 1.42 bits per heavy atom. The van der Waals surface area contributed by atoms with Crippen molar-refractivity contribution in [2.24, 2.45) is 5.73 Å². The predicted molar refractivity (Wildman–Crippen MR) is 76.1 cm³/mol. The molecule has 0 saturated heterocycles. The van der Waals surface area contributed by atoms with Gasteiger partial charge in [-0.3, -0.25) is 9.59 Å². The number of hydrogen-bond donors (Lipinski definition) is 1. The molecule has 1 unspecified atom stereocenters. The fraction of sp³-hybridized carbons (Fsp3) is 0.571. The molecular weight excluding hydrogens is 242 g/mol. The van der Waals surface area contributed by atoms with E-state index >= 15 is 0 Å². The molecule has 0 spiro atoms. The number of hydrogen-bond acceptors (Lipinski definition) is 3. The van der Waals surface area contributed by atoms with Gasteiger partial charge in [-0.15, -0.1) is 0 Å². The van der Waals surface area contributed by atoms with Crippen LogP contribution in [0.3, 0.4) is 0 Å². The minimum absolute atomic E-state index is 0.175. The lowest BCUT2D eigenvalue weighted by molar-refractivity contribution is -0.121. The Hall–Kier alpha value is -1.62. The third-order valence-corrected chi connectivity index (χ3v) is 3.07. The molecule has 1 aromatic rings. The summed E-state index contributed by atoms with van der Waals surface area (Å²) in [6.45, 7) is 2.87. The number of amides is 1. The minimum atomic E-state index is -0.545. The second-order valence-electron chi connectivity index (χ2n) is 5.04. The Morgan fingerprint density at radius 3 is 2.63 bits per heavy atom. The van der Waals surface area contributed by atoms with Crippen LogP contribution in [0.5, 0.6) is 0 Å². The van der Waals surface area contributed by atoms with Crippen LogP contribution in [0.15, 0.2) is 23.1 Å². The van der Waals surface area contributed by atoms with Gasteiger partial charge >= 0.3 is 0 Å².